The molecule has 0 heterocycles. The normalized spacial score (nSPS) is 9.74. The van der Waals surface area contributed by atoms with Crippen LogP contribution in [0.1, 0.15) is 10.4 Å². The summed E-state index contributed by atoms with van der Waals surface area (Å²) in [5, 5.41) is 9.12. The number of carbonyl (C=O) groups is 2. The first-order valence-corrected chi connectivity index (χ1v) is 7.15. The van der Waals surface area contributed by atoms with Gasteiger partial charge < -0.3 is 4.74 Å². The molecular formula is C17H13ClN2O3. The highest BCUT2D eigenvalue weighted by Crippen LogP contribution is 2.17. The van der Waals surface area contributed by atoms with Crippen LogP contribution in [0.5, 0.6) is 0 Å². The van der Waals surface area contributed by atoms with E-state index < -0.39 is 18.5 Å². The molecule has 5 nitrogen and oxygen atoms in total. The number of nitriles is 1. The van der Waals surface area contributed by atoms with Crippen molar-refractivity contribution in [1.29, 1.82) is 5.26 Å². The van der Waals surface area contributed by atoms with Crippen molar-refractivity contribution in [1.82, 2.24) is 0 Å². The zero-order chi connectivity index (χ0) is 16.7. The number of halogens is 1. The van der Waals surface area contributed by atoms with Crippen LogP contribution in [0.2, 0.25) is 5.02 Å². The Bertz CT molecular complexity index is 741. The number of anilines is 1. The van der Waals surface area contributed by atoms with Crippen LogP contribution in [-0.4, -0.2) is 25.0 Å². The van der Waals surface area contributed by atoms with Gasteiger partial charge in [-0.3, -0.25) is 9.69 Å². The van der Waals surface area contributed by atoms with Gasteiger partial charge in [-0.1, -0.05) is 41.9 Å². The van der Waals surface area contributed by atoms with Crippen molar-refractivity contribution in [3.05, 3.63) is 65.2 Å². The van der Waals surface area contributed by atoms with Crippen LogP contribution in [0.15, 0.2) is 54.6 Å². The molecule has 0 atom stereocenters. The van der Waals surface area contributed by atoms with Crippen molar-refractivity contribution in [3.63, 3.8) is 0 Å². The van der Waals surface area contributed by atoms with E-state index in [1.165, 1.54) is 11.0 Å². The number of rotatable bonds is 5. The Balaban J connectivity index is 2.04. The molecule has 1 amide bonds. The fourth-order valence-electron chi connectivity index (χ4n) is 1.91. The molecule has 6 heteroatoms. The number of para-hydroxylation sites is 1. The molecule has 0 N–H and O–H groups in total. The summed E-state index contributed by atoms with van der Waals surface area (Å²) in [4.78, 5) is 25.4. The minimum atomic E-state index is -0.686. The van der Waals surface area contributed by atoms with E-state index in [1.54, 1.807) is 48.5 Å². The van der Waals surface area contributed by atoms with Crippen molar-refractivity contribution in [2.75, 3.05) is 18.1 Å². The maximum absolute atomic E-state index is 12.2. The van der Waals surface area contributed by atoms with E-state index in [0.717, 1.165) is 0 Å². The highest BCUT2D eigenvalue weighted by atomic mass is 35.5. The minimum absolute atomic E-state index is 0.132. The summed E-state index contributed by atoms with van der Waals surface area (Å²) >= 11 is 5.90. The topological polar surface area (TPSA) is 70.4 Å². The maximum Gasteiger partial charge on any atom is 0.340 e. The smallest absolute Gasteiger partial charge is 0.340 e. The van der Waals surface area contributed by atoms with E-state index in [0.29, 0.717) is 5.69 Å². The molecule has 2 aromatic carbocycles. The molecule has 0 spiro atoms. The second kappa shape index (κ2) is 7.97. The Morgan fingerprint density at radius 2 is 1.74 bits per heavy atom. The molecule has 0 aliphatic rings. The van der Waals surface area contributed by atoms with E-state index in [9.17, 15) is 9.59 Å². The molecule has 0 bridgehead atoms. The number of amides is 1. The second-order valence-electron chi connectivity index (χ2n) is 4.53. The highest BCUT2D eigenvalue weighted by molar-refractivity contribution is 6.33. The number of hydrogen-bond acceptors (Lipinski definition) is 4. The Morgan fingerprint density at radius 1 is 1.09 bits per heavy atom. The lowest BCUT2D eigenvalue weighted by molar-refractivity contribution is -0.121. The van der Waals surface area contributed by atoms with E-state index in [-0.39, 0.29) is 17.1 Å². The third-order valence-corrected chi connectivity index (χ3v) is 3.35. The average Bonchev–Trinajstić information content (AvgIpc) is 2.58. The van der Waals surface area contributed by atoms with E-state index in [4.69, 9.17) is 21.6 Å². The van der Waals surface area contributed by atoms with E-state index >= 15 is 0 Å². The van der Waals surface area contributed by atoms with Gasteiger partial charge in [0.05, 0.1) is 16.7 Å². The zero-order valence-corrected chi connectivity index (χ0v) is 12.9. The number of nitrogens with zero attached hydrogens (tertiary/aromatic N) is 2. The fraction of sp³-hybridized carbons (Fsp3) is 0.118. The number of carbonyl (C=O) groups excluding carboxylic acids is 2. The van der Waals surface area contributed by atoms with Crippen LogP contribution >= 0.6 is 11.6 Å². The molecule has 0 aromatic heterocycles. The predicted octanol–water partition coefficient (Wildman–Crippen LogP) is 3.05. The number of benzene rings is 2. The van der Waals surface area contributed by atoms with Crippen LogP contribution in [0.4, 0.5) is 5.69 Å². The molecule has 0 saturated heterocycles. The van der Waals surface area contributed by atoms with Gasteiger partial charge in [0.25, 0.3) is 5.91 Å². The molecule has 0 aliphatic heterocycles. The van der Waals surface area contributed by atoms with E-state index in [1.807, 2.05) is 6.07 Å². The molecule has 0 unspecified atom stereocenters. The summed E-state index contributed by atoms with van der Waals surface area (Å²) in [7, 11) is 0. The standard InChI is InChI=1S/C17H13ClN2O3/c18-15-9-5-4-8-14(15)17(22)23-12-16(21)20(11-10-19)13-6-2-1-3-7-13/h1-9H,11-12H2. The maximum atomic E-state index is 12.2. The van der Waals surface area contributed by atoms with Crippen molar-refractivity contribution in [2.45, 2.75) is 0 Å². The number of esters is 1. The molecular weight excluding hydrogens is 316 g/mol. The lowest BCUT2D eigenvalue weighted by Gasteiger charge is -2.19. The Hall–Kier alpha value is -2.84. The molecule has 2 rings (SSSR count). The van der Waals surface area contributed by atoms with Crippen LogP contribution in [0.25, 0.3) is 0 Å². The van der Waals surface area contributed by atoms with Gasteiger partial charge in [-0.25, -0.2) is 4.79 Å². The summed E-state index contributed by atoms with van der Waals surface area (Å²) in [5.41, 5.74) is 0.751. The number of hydrogen-bond donors (Lipinski definition) is 0. The van der Waals surface area contributed by atoms with Gasteiger partial charge in [0.2, 0.25) is 0 Å². The largest absolute Gasteiger partial charge is 0.452 e. The van der Waals surface area contributed by atoms with Crippen LogP contribution < -0.4 is 4.90 Å². The summed E-state index contributed by atoms with van der Waals surface area (Å²) in [6, 6.07) is 17.0. The lowest BCUT2D eigenvalue weighted by Crippen LogP contribution is -2.35. The second-order valence-corrected chi connectivity index (χ2v) is 4.94. The van der Waals surface area contributed by atoms with Gasteiger partial charge in [0, 0.05) is 5.69 Å². The van der Waals surface area contributed by atoms with Crippen molar-refractivity contribution in [3.8, 4) is 6.07 Å². The van der Waals surface area contributed by atoms with Gasteiger partial charge in [-0.15, -0.1) is 0 Å². The van der Waals surface area contributed by atoms with Crippen LogP contribution in [0, 0.1) is 11.3 Å². The van der Waals surface area contributed by atoms with Crippen molar-refractivity contribution in [2.24, 2.45) is 0 Å². The first kappa shape index (κ1) is 16.5. The average molecular weight is 329 g/mol. The van der Waals surface area contributed by atoms with Gasteiger partial charge in [0.15, 0.2) is 6.61 Å². The SMILES string of the molecule is N#CCN(C(=O)COC(=O)c1ccccc1Cl)c1ccccc1. The monoisotopic (exact) mass is 328 g/mol. The summed E-state index contributed by atoms with van der Waals surface area (Å²) in [6.45, 7) is -0.604. The molecule has 0 fully saturated rings. The van der Waals surface area contributed by atoms with Crippen molar-refractivity contribution >= 4 is 29.2 Å². The molecule has 0 saturated carbocycles. The fourth-order valence-corrected chi connectivity index (χ4v) is 2.12. The third kappa shape index (κ3) is 4.31. The van der Waals surface area contributed by atoms with Gasteiger partial charge in [0.1, 0.15) is 6.54 Å². The minimum Gasteiger partial charge on any atom is -0.452 e. The van der Waals surface area contributed by atoms with Gasteiger partial charge in [-0.2, -0.15) is 5.26 Å². The molecule has 0 radical (unpaired) electrons. The van der Waals surface area contributed by atoms with Crippen LogP contribution in [-0.2, 0) is 9.53 Å². The number of ether oxygens (including phenoxy) is 1. The van der Waals surface area contributed by atoms with E-state index in [2.05, 4.69) is 0 Å². The van der Waals surface area contributed by atoms with Crippen molar-refractivity contribution < 1.29 is 14.3 Å². The third-order valence-electron chi connectivity index (χ3n) is 3.02. The molecule has 23 heavy (non-hydrogen) atoms. The summed E-state index contributed by atoms with van der Waals surface area (Å²) in [5.74, 6) is -1.17. The Morgan fingerprint density at radius 3 is 2.39 bits per heavy atom. The lowest BCUT2D eigenvalue weighted by atomic mass is 10.2. The first-order valence-electron chi connectivity index (χ1n) is 6.77. The first-order chi connectivity index (χ1) is 11.1. The molecule has 116 valence electrons. The predicted molar refractivity (Wildman–Crippen MR) is 86.1 cm³/mol. The van der Waals surface area contributed by atoms with Crippen LogP contribution in [0.3, 0.4) is 0 Å². The zero-order valence-electron chi connectivity index (χ0n) is 12.1. The Kier molecular flexibility index (Phi) is 5.73. The quantitative estimate of drug-likeness (QED) is 0.624. The summed E-state index contributed by atoms with van der Waals surface area (Å²) in [6.07, 6.45) is 0. The molecule has 2 aromatic rings. The van der Waals surface area contributed by atoms with Gasteiger partial charge in [-0.05, 0) is 24.3 Å². The highest BCUT2D eigenvalue weighted by Gasteiger charge is 2.18. The molecule has 0 aliphatic carbocycles. The Labute approximate surface area is 138 Å². The summed E-state index contributed by atoms with van der Waals surface area (Å²) < 4.78 is 5.00. The van der Waals surface area contributed by atoms with Gasteiger partial charge >= 0.3 is 5.97 Å².